The third-order valence-corrected chi connectivity index (χ3v) is 13.0. The molecule has 0 unspecified atom stereocenters. The highest BCUT2D eigenvalue weighted by molar-refractivity contribution is 6.09. The van der Waals surface area contributed by atoms with Crippen molar-refractivity contribution in [3.05, 3.63) is 267 Å². The van der Waals surface area contributed by atoms with Crippen molar-refractivity contribution in [1.82, 2.24) is 4.57 Å². The lowest BCUT2D eigenvalue weighted by molar-refractivity contribution is 1.18. The molecule has 0 radical (unpaired) electrons. The van der Waals surface area contributed by atoms with E-state index in [0.717, 1.165) is 39.4 Å². The molecular formula is C64H44N2. The SMILES string of the molecule is c1ccc(-c2ccc(N(c3ccc(-c4cccc5ccccc45)cc3)c3ccc(-c4cccc(-n5c6ccccc6c6ccccc65)c4)c(-c4ccccc4)c3)cc2-c2ccccc2)cc1. The molecule has 0 bridgehead atoms. The van der Waals surface area contributed by atoms with E-state index >= 15 is 0 Å². The fourth-order valence-corrected chi connectivity index (χ4v) is 9.90. The molecule has 0 saturated carbocycles. The highest BCUT2D eigenvalue weighted by atomic mass is 15.1. The minimum atomic E-state index is 1.07. The molecule has 0 aliphatic rings. The molecule has 310 valence electrons. The second-order valence-electron chi connectivity index (χ2n) is 16.9. The molecule has 0 saturated heterocycles. The van der Waals surface area contributed by atoms with Gasteiger partial charge in [0, 0.05) is 33.5 Å². The lowest BCUT2D eigenvalue weighted by atomic mass is 9.92. The zero-order valence-electron chi connectivity index (χ0n) is 36.3. The Labute approximate surface area is 385 Å². The monoisotopic (exact) mass is 840 g/mol. The molecule has 66 heavy (non-hydrogen) atoms. The van der Waals surface area contributed by atoms with Gasteiger partial charge in [0.05, 0.1) is 11.0 Å². The number of fused-ring (bicyclic) bond motifs is 4. The summed E-state index contributed by atoms with van der Waals surface area (Å²) in [4.78, 5) is 2.42. The minimum Gasteiger partial charge on any atom is -0.310 e. The van der Waals surface area contributed by atoms with Crippen molar-refractivity contribution in [2.24, 2.45) is 0 Å². The second kappa shape index (κ2) is 16.8. The Balaban J connectivity index is 1.04. The summed E-state index contributed by atoms with van der Waals surface area (Å²) in [5.41, 5.74) is 18.5. The van der Waals surface area contributed by atoms with E-state index in [1.54, 1.807) is 0 Å². The molecule has 12 rings (SSSR count). The standard InChI is InChI=1S/C64H44N2/c1-4-18-45(19-5-1)57-40-38-53(43-61(57)47-20-6-2-7-21-47)65(51-36-34-49(35-37-51)56-31-17-25-46-24-10-11-28-55(46)56)54-39-41-58(62(44-54)48-22-8-3-9-23-48)50-26-16-27-52(42-50)66-63-32-14-12-29-59(63)60-30-13-15-33-64(60)66/h1-44H. The van der Waals surface area contributed by atoms with Gasteiger partial charge in [0.2, 0.25) is 0 Å². The van der Waals surface area contributed by atoms with Crippen LogP contribution in [0.4, 0.5) is 17.1 Å². The normalized spacial score (nSPS) is 11.3. The quantitative estimate of drug-likeness (QED) is 0.141. The van der Waals surface area contributed by atoms with Crippen LogP contribution in [-0.2, 0) is 0 Å². The van der Waals surface area contributed by atoms with Gasteiger partial charge in [-0.15, -0.1) is 0 Å². The molecule has 0 spiro atoms. The van der Waals surface area contributed by atoms with Crippen molar-refractivity contribution < 1.29 is 0 Å². The second-order valence-corrected chi connectivity index (χ2v) is 16.9. The van der Waals surface area contributed by atoms with Crippen molar-refractivity contribution in [2.75, 3.05) is 4.90 Å². The van der Waals surface area contributed by atoms with Crippen molar-refractivity contribution in [3.8, 4) is 61.3 Å². The van der Waals surface area contributed by atoms with Gasteiger partial charge in [-0.25, -0.2) is 0 Å². The van der Waals surface area contributed by atoms with Gasteiger partial charge in [-0.05, 0) is 127 Å². The molecule has 2 heteroatoms. The molecule has 0 aliphatic carbocycles. The first-order valence-corrected chi connectivity index (χ1v) is 22.7. The smallest absolute Gasteiger partial charge is 0.0541 e. The van der Waals surface area contributed by atoms with Crippen LogP contribution in [0.3, 0.4) is 0 Å². The van der Waals surface area contributed by atoms with Gasteiger partial charge in [0.15, 0.2) is 0 Å². The number of hydrogen-bond donors (Lipinski definition) is 0. The van der Waals surface area contributed by atoms with Crippen LogP contribution in [0.25, 0.3) is 93.9 Å². The Hall–Kier alpha value is -8.72. The van der Waals surface area contributed by atoms with Gasteiger partial charge in [0.1, 0.15) is 0 Å². The van der Waals surface area contributed by atoms with E-state index in [2.05, 4.69) is 276 Å². The first-order valence-electron chi connectivity index (χ1n) is 22.7. The number of aromatic nitrogens is 1. The summed E-state index contributed by atoms with van der Waals surface area (Å²) in [5.74, 6) is 0. The molecule has 11 aromatic carbocycles. The summed E-state index contributed by atoms with van der Waals surface area (Å²) in [6, 6.07) is 97.0. The van der Waals surface area contributed by atoms with Crippen LogP contribution >= 0.6 is 0 Å². The van der Waals surface area contributed by atoms with E-state index in [0.29, 0.717) is 0 Å². The molecule has 0 fully saturated rings. The Bertz CT molecular complexity index is 3620. The molecular weight excluding hydrogens is 797 g/mol. The maximum atomic E-state index is 2.42. The summed E-state index contributed by atoms with van der Waals surface area (Å²) in [7, 11) is 0. The zero-order valence-corrected chi connectivity index (χ0v) is 36.3. The molecule has 1 aromatic heterocycles. The van der Waals surface area contributed by atoms with Gasteiger partial charge >= 0.3 is 0 Å². The van der Waals surface area contributed by atoms with E-state index in [1.807, 2.05) is 0 Å². The van der Waals surface area contributed by atoms with Gasteiger partial charge in [-0.2, -0.15) is 0 Å². The summed E-state index contributed by atoms with van der Waals surface area (Å²) in [6.45, 7) is 0. The number of rotatable bonds is 9. The zero-order chi connectivity index (χ0) is 43.8. The van der Waals surface area contributed by atoms with Gasteiger partial charge in [0.25, 0.3) is 0 Å². The largest absolute Gasteiger partial charge is 0.310 e. The van der Waals surface area contributed by atoms with Crippen molar-refractivity contribution in [2.45, 2.75) is 0 Å². The Kier molecular flexibility index (Phi) is 9.89. The first-order chi connectivity index (χ1) is 32.7. The minimum absolute atomic E-state index is 1.07. The predicted molar refractivity (Wildman–Crippen MR) is 280 cm³/mol. The van der Waals surface area contributed by atoms with E-state index in [-0.39, 0.29) is 0 Å². The number of benzene rings is 11. The third-order valence-electron chi connectivity index (χ3n) is 13.0. The average Bonchev–Trinajstić information content (AvgIpc) is 3.74. The van der Waals surface area contributed by atoms with Crippen LogP contribution in [0.2, 0.25) is 0 Å². The Morgan fingerprint density at radius 1 is 0.242 bits per heavy atom. The molecule has 0 atom stereocenters. The molecule has 1 heterocycles. The van der Waals surface area contributed by atoms with Crippen molar-refractivity contribution in [3.63, 3.8) is 0 Å². The van der Waals surface area contributed by atoms with Crippen molar-refractivity contribution in [1.29, 1.82) is 0 Å². The summed E-state index contributed by atoms with van der Waals surface area (Å²) >= 11 is 0. The van der Waals surface area contributed by atoms with Crippen LogP contribution in [0, 0.1) is 0 Å². The summed E-state index contributed by atoms with van der Waals surface area (Å²) in [5, 5.41) is 5.00. The first kappa shape index (κ1) is 38.9. The van der Waals surface area contributed by atoms with Gasteiger partial charge in [-0.1, -0.05) is 206 Å². The van der Waals surface area contributed by atoms with Gasteiger partial charge < -0.3 is 9.47 Å². The highest BCUT2D eigenvalue weighted by Crippen LogP contribution is 2.45. The van der Waals surface area contributed by atoms with E-state index in [9.17, 15) is 0 Å². The average molecular weight is 841 g/mol. The number of hydrogen-bond acceptors (Lipinski definition) is 1. The predicted octanol–water partition coefficient (Wildman–Crippen LogP) is 17.7. The van der Waals surface area contributed by atoms with Crippen LogP contribution < -0.4 is 4.90 Å². The summed E-state index contributed by atoms with van der Waals surface area (Å²) in [6.07, 6.45) is 0. The lowest BCUT2D eigenvalue weighted by Gasteiger charge is -2.28. The fraction of sp³-hybridized carbons (Fsp3) is 0. The number of nitrogens with zero attached hydrogens (tertiary/aromatic N) is 2. The van der Waals surface area contributed by atoms with Gasteiger partial charge in [-0.3, -0.25) is 0 Å². The third kappa shape index (κ3) is 7.02. The highest BCUT2D eigenvalue weighted by Gasteiger charge is 2.20. The van der Waals surface area contributed by atoms with Crippen LogP contribution in [-0.4, -0.2) is 4.57 Å². The summed E-state index contributed by atoms with van der Waals surface area (Å²) < 4.78 is 2.40. The topological polar surface area (TPSA) is 8.17 Å². The molecule has 2 nitrogen and oxygen atoms in total. The van der Waals surface area contributed by atoms with E-state index in [1.165, 1.54) is 71.5 Å². The maximum Gasteiger partial charge on any atom is 0.0541 e. The van der Waals surface area contributed by atoms with Crippen LogP contribution in [0.1, 0.15) is 0 Å². The van der Waals surface area contributed by atoms with E-state index in [4.69, 9.17) is 0 Å². The lowest BCUT2D eigenvalue weighted by Crippen LogP contribution is -2.10. The van der Waals surface area contributed by atoms with E-state index < -0.39 is 0 Å². The Morgan fingerprint density at radius 3 is 1.26 bits per heavy atom. The molecule has 0 N–H and O–H groups in total. The molecule has 0 amide bonds. The van der Waals surface area contributed by atoms with Crippen LogP contribution in [0.15, 0.2) is 267 Å². The number of anilines is 3. The van der Waals surface area contributed by atoms with Crippen LogP contribution in [0.5, 0.6) is 0 Å². The number of para-hydroxylation sites is 2. The molecule has 0 aliphatic heterocycles. The molecule has 12 aromatic rings. The fourth-order valence-electron chi connectivity index (χ4n) is 9.90. The maximum absolute atomic E-state index is 2.42. The van der Waals surface area contributed by atoms with Crippen molar-refractivity contribution >= 4 is 49.6 Å². The Morgan fingerprint density at radius 2 is 0.667 bits per heavy atom.